The molecule has 0 amide bonds. The zero-order valence-corrected chi connectivity index (χ0v) is 13.2. The minimum absolute atomic E-state index is 0.313. The second-order valence-corrected chi connectivity index (χ2v) is 6.16. The van der Waals surface area contributed by atoms with Gasteiger partial charge in [0.15, 0.2) is 0 Å². The summed E-state index contributed by atoms with van der Waals surface area (Å²) >= 11 is 4.55. The molecule has 0 saturated carbocycles. The SMILES string of the molecule is Fc1ccc(-c2nn3c(-c4cnccn4)nnc3s2)cc1Br. The Morgan fingerprint density at radius 2 is 2.09 bits per heavy atom. The monoisotopic (exact) mass is 376 g/mol. The number of hydrogen-bond donors (Lipinski definition) is 0. The molecule has 0 saturated heterocycles. The van der Waals surface area contributed by atoms with Crippen molar-refractivity contribution in [1.29, 1.82) is 0 Å². The number of benzene rings is 1. The quantitative estimate of drug-likeness (QED) is 0.537. The molecule has 0 spiro atoms. The van der Waals surface area contributed by atoms with Gasteiger partial charge in [0.2, 0.25) is 10.8 Å². The van der Waals surface area contributed by atoms with Crippen molar-refractivity contribution in [3.63, 3.8) is 0 Å². The van der Waals surface area contributed by atoms with E-state index in [9.17, 15) is 4.39 Å². The summed E-state index contributed by atoms with van der Waals surface area (Å²) in [6.07, 6.45) is 4.77. The number of hydrogen-bond acceptors (Lipinski definition) is 6. The van der Waals surface area contributed by atoms with Crippen molar-refractivity contribution in [3.8, 4) is 22.1 Å². The average molecular weight is 377 g/mol. The summed E-state index contributed by atoms with van der Waals surface area (Å²) in [5, 5.41) is 13.4. The molecule has 0 fully saturated rings. The maximum absolute atomic E-state index is 13.3. The van der Waals surface area contributed by atoms with Crippen LogP contribution >= 0.6 is 27.3 Å². The van der Waals surface area contributed by atoms with Gasteiger partial charge in [-0.25, -0.2) is 9.37 Å². The van der Waals surface area contributed by atoms with Gasteiger partial charge in [-0.1, -0.05) is 11.3 Å². The summed E-state index contributed by atoms with van der Waals surface area (Å²) < 4.78 is 15.3. The molecule has 3 heterocycles. The van der Waals surface area contributed by atoms with E-state index in [0.29, 0.717) is 21.0 Å². The van der Waals surface area contributed by atoms with Crippen molar-refractivity contribution in [1.82, 2.24) is 29.8 Å². The number of nitrogens with zero attached hydrogens (tertiary/aromatic N) is 6. The predicted octanol–water partition coefficient (Wildman–Crippen LogP) is 3.21. The van der Waals surface area contributed by atoms with Crippen LogP contribution in [-0.2, 0) is 0 Å². The second kappa shape index (κ2) is 5.18. The van der Waals surface area contributed by atoms with Crippen LogP contribution in [-0.4, -0.2) is 29.8 Å². The van der Waals surface area contributed by atoms with E-state index in [2.05, 4.69) is 41.2 Å². The highest BCUT2D eigenvalue weighted by atomic mass is 79.9. The van der Waals surface area contributed by atoms with Crippen molar-refractivity contribution in [2.45, 2.75) is 0 Å². The molecule has 0 radical (unpaired) electrons. The van der Waals surface area contributed by atoms with E-state index in [1.54, 1.807) is 35.2 Å². The Morgan fingerprint density at radius 1 is 1.18 bits per heavy atom. The van der Waals surface area contributed by atoms with Crippen molar-refractivity contribution in [2.24, 2.45) is 0 Å². The van der Waals surface area contributed by atoms with Crippen molar-refractivity contribution < 1.29 is 4.39 Å². The van der Waals surface area contributed by atoms with Gasteiger partial charge < -0.3 is 0 Å². The van der Waals surface area contributed by atoms with E-state index < -0.39 is 0 Å². The minimum atomic E-state index is -0.313. The van der Waals surface area contributed by atoms with Crippen LogP contribution in [0.25, 0.3) is 27.1 Å². The van der Waals surface area contributed by atoms with Crippen LogP contribution < -0.4 is 0 Å². The van der Waals surface area contributed by atoms with Crippen molar-refractivity contribution in [3.05, 3.63) is 47.1 Å². The van der Waals surface area contributed by atoms with Crippen LogP contribution in [0, 0.1) is 5.82 Å². The molecule has 3 aromatic heterocycles. The molecule has 0 bridgehead atoms. The molecule has 4 aromatic rings. The molecular weight excluding hydrogens is 371 g/mol. The molecule has 0 aliphatic heterocycles. The van der Waals surface area contributed by atoms with Gasteiger partial charge in [0, 0.05) is 18.0 Å². The summed E-state index contributed by atoms with van der Waals surface area (Å²) in [5.74, 6) is 0.207. The van der Waals surface area contributed by atoms with Crippen LogP contribution in [0.1, 0.15) is 0 Å². The Balaban J connectivity index is 1.85. The highest BCUT2D eigenvalue weighted by Crippen LogP contribution is 2.29. The average Bonchev–Trinajstić information content (AvgIpc) is 3.11. The van der Waals surface area contributed by atoms with Crippen molar-refractivity contribution >= 4 is 32.2 Å². The molecule has 0 atom stereocenters. The fourth-order valence-corrected chi connectivity index (χ4v) is 3.15. The molecule has 1 aromatic carbocycles. The Labute approximate surface area is 135 Å². The Hall–Kier alpha value is -2.26. The second-order valence-electron chi connectivity index (χ2n) is 4.34. The van der Waals surface area contributed by atoms with Gasteiger partial charge in [-0.15, -0.1) is 10.2 Å². The lowest BCUT2D eigenvalue weighted by Crippen LogP contribution is -1.93. The first-order valence-corrected chi connectivity index (χ1v) is 7.77. The maximum Gasteiger partial charge on any atom is 0.235 e. The lowest BCUT2D eigenvalue weighted by Gasteiger charge is -1.98. The maximum atomic E-state index is 13.3. The molecule has 108 valence electrons. The molecule has 0 aliphatic rings. The van der Waals surface area contributed by atoms with Gasteiger partial charge >= 0.3 is 0 Å². The van der Waals surface area contributed by atoms with E-state index in [1.807, 2.05) is 0 Å². The van der Waals surface area contributed by atoms with Crippen LogP contribution in [0.5, 0.6) is 0 Å². The molecule has 0 aliphatic carbocycles. The van der Waals surface area contributed by atoms with Gasteiger partial charge in [0.05, 0.1) is 10.7 Å². The third kappa shape index (κ3) is 2.18. The summed E-state index contributed by atoms with van der Waals surface area (Å²) in [7, 11) is 0. The fraction of sp³-hybridized carbons (Fsp3) is 0. The molecule has 4 rings (SSSR count). The summed E-state index contributed by atoms with van der Waals surface area (Å²) in [6.45, 7) is 0. The van der Waals surface area contributed by atoms with Crippen LogP contribution in [0.2, 0.25) is 0 Å². The first kappa shape index (κ1) is 13.4. The minimum Gasteiger partial charge on any atom is -0.261 e. The zero-order valence-electron chi connectivity index (χ0n) is 10.8. The normalized spacial score (nSPS) is 11.2. The van der Waals surface area contributed by atoms with Gasteiger partial charge in [-0.2, -0.15) is 9.61 Å². The lowest BCUT2D eigenvalue weighted by atomic mass is 10.2. The van der Waals surface area contributed by atoms with Crippen LogP contribution in [0.4, 0.5) is 4.39 Å². The smallest absolute Gasteiger partial charge is 0.235 e. The number of aromatic nitrogens is 6. The Bertz CT molecular complexity index is 967. The first-order valence-electron chi connectivity index (χ1n) is 6.16. The molecule has 0 unspecified atom stereocenters. The number of halogens is 2. The Kier molecular flexibility index (Phi) is 3.16. The van der Waals surface area contributed by atoms with Gasteiger partial charge in [0.1, 0.15) is 16.5 Å². The van der Waals surface area contributed by atoms with E-state index in [1.165, 1.54) is 17.4 Å². The first-order chi connectivity index (χ1) is 10.7. The van der Waals surface area contributed by atoms with Gasteiger partial charge in [-0.3, -0.25) is 4.98 Å². The third-order valence-corrected chi connectivity index (χ3v) is 4.51. The van der Waals surface area contributed by atoms with Crippen LogP contribution in [0.15, 0.2) is 41.3 Å². The number of fused-ring (bicyclic) bond motifs is 1. The molecule has 0 N–H and O–H groups in total. The topological polar surface area (TPSA) is 68.9 Å². The van der Waals surface area contributed by atoms with Crippen LogP contribution in [0.3, 0.4) is 0 Å². The predicted molar refractivity (Wildman–Crippen MR) is 82.8 cm³/mol. The standard InChI is InChI=1S/C13H6BrFN6S/c14-8-5-7(1-2-9(8)15)12-20-21-11(18-19-13(21)22-12)10-6-16-3-4-17-10/h1-6H. The highest BCUT2D eigenvalue weighted by Gasteiger charge is 2.15. The highest BCUT2D eigenvalue weighted by molar-refractivity contribution is 9.10. The largest absolute Gasteiger partial charge is 0.261 e. The zero-order chi connectivity index (χ0) is 15.1. The lowest BCUT2D eigenvalue weighted by molar-refractivity contribution is 0.621. The van der Waals surface area contributed by atoms with E-state index in [-0.39, 0.29) is 5.82 Å². The number of rotatable bonds is 2. The third-order valence-electron chi connectivity index (χ3n) is 2.95. The Morgan fingerprint density at radius 3 is 2.86 bits per heavy atom. The van der Waals surface area contributed by atoms with Gasteiger partial charge in [-0.05, 0) is 34.1 Å². The molecular formula is C13H6BrFN6S. The fourth-order valence-electron chi connectivity index (χ4n) is 1.94. The van der Waals surface area contributed by atoms with Gasteiger partial charge in [0.25, 0.3) is 0 Å². The summed E-state index contributed by atoms with van der Waals surface area (Å²) in [4.78, 5) is 8.85. The molecule has 22 heavy (non-hydrogen) atoms. The van der Waals surface area contributed by atoms with E-state index >= 15 is 0 Å². The van der Waals surface area contributed by atoms with E-state index in [4.69, 9.17) is 0 Å². The summed E-state index contributed by atoms with van der Waals surface area (Å²) in [5.41, 5.74) is 1.39. The molecule has 6 nitrogen and oxygen atoms in total. The summed E-state index contributed by atoms with van der Waals surface area (Å²) in [6, 6.07) is 4.75. The van der Waals surface area contributed by atoms with Crippen molar-refractivity contribution in [2.75, 3.05) is 0 Å². The van der Waals surface area contributed by atoms with E-state index in [0.717, 1.165) is 10.6 Å². The molecule has 9 heteroatoms.